The summed E-state index contributed by atoms with van der Waals surface area (Å²) in [6.07, 6.45) is 0.888. The van der Waals surface area contributed by atoms with Gasteiger partial charge in [-0.05, 0) is 32.6 Å². The van der Waals surface area contributed by atoms with E-state index in [0.29, 0.717) is 12.8 Å². The second-order valence-electron chi connectivity index (χ2n) is 7.62. The number of hydrogen-bond acceptors (Lipinski definition) is 11. The van der Waals surface area contributed by atoms with Crippen LogP contribution >= 0.6 is 0 Å². The summed E-state index contributed by atoms with van der Waals surface area (Å²) in [5.41, 5.74) is -5.05. The molecular formula is C14H20N4O10. The van der Waals surface area contributed by atoms with Crippen molar-refractivity contribution in [1.29, 1.82) is 0 Å². The number of ether oxygens (including phenoxy) is 1. The van der Waals surface area contributed by atoms with Crippen molar-refractivity contribution in [2.45, 2.75) is 74.4 Å². The number of hydrogen-bond donors (Lipinski definition) is 0. The van der Waals surface area contributed by atoms with E-state index in [1.807, 2.05) is 0 Å². The zero-order valence-corrected chi connectivity index (χ0v) is 15.3. The highest BCUT2D eigenvalue weighted by atomic mass is 17.0. The van der Waals surface area contributed by atoms with E-state index in [4.69, 9.17) is 9.68 Å². The van der Waals surface area contributed by atoms with E-state index < -0.39 is 49.7 Å². The first-order chi connectivity index (χ1) is 13.0. The van der Waals surface area contributed by atoms with Gasteiger partial charge >= 0.3 is 11.8 Å². The van der Waals surface area contributed by atoms with Gasteiger partial charge in [-0.2, -0.15) is 0 Å². The molecule has 1 atom stereocenters. The molecule has 0 N–H and O–H groups in total. The number of nitro groups is 3. The topological polar surface area (TPSA) is 177 Å². The maximum Gasteiger partial charge on any atom is 0.569 e. The van der Waals surface area contributed by atoms with E-state index >= 15 is 0 Å². The molecule has 0 radical (unpaired) electrons. The number of carbonyl (C=O) groups excluding carboxylic acids is 1. The summed E-state index contributed by atoms with van der Waals surface area (Å²) in [6, 6.07) is 0. The summed E-state index contributed by atoms with van der Waals surface area (Å²) in [5.74, 6) is -4.21. The lowest BCUT2D eigenvalue weighted by atomic mass is 9.57. The molecule has 1 unspecified atom stereocenters. The van der Waals surface area contributed by atoms with Gasteiger partial charge in [-0.1, -0.05) is 0 Å². The molecule has 0 aromatic heterocycles. The summed E-state index contributed by atoms with van der Waals surface area (Å²) in [7, 11) is 1.00. The van der Waals surface area contributed by atoms with Gasteiger partial charge in [0.25, 0.3) is 5.54 Å². The predicted octanol–water partition coefficient (Wildman–Crippen LogP) is 0.816. The van der Waals surface area contributed by atoms with Gasteiger partial charge in [0, 0.05) is 17.8 Å². The fraction of sp³-hybridized carbons (Fsp3) is 0.929. The molecule has 3 aliphatic rings. The first-order valence-electron chi connectivity index (χ1n) is 8.70. The van der Waals surface area contributed by atoms with Crippen LogP contribution in [0.2, 0.25) is 0 Å². The van der Waals surface area contributed by atoms with Gasteiger partial charge in [-0.3, -0.25) is 30.3 Å². The molecule has 1 aliphatic heterocycles. The lowest BCUT2D eigenvalue weighted by Crippen LogP contribution is -2.70. The van der Waals surface area contributed by atoms with Crippen LogP contribution in [-0.2, 0) is 19.2 Å². The molecule has 1 saturated heterocycles. The summed E-state index contributed by atoms with van der Waals surface area (Å²) >= 11 is 0. The number of carbonyl (C=O) groups is 1. The van der Waals surface area contributed by atoms with Crippen LogP contribution in [0.5, 0.6) is 0 Å². The van der Waals surface area contributed by atoms with Crippen molar-refractivity contribution in [3.05, 3.63) is 30.3 Å². The Balaban J connectivity index is 2.02. The Bertz CT molecular complexity index is 720. The maximum atomic E-state index is 12.1. The molecule has 0 aromatic carbocycles. The van der Waals surface area contributed by atoms with Crippen LogP contribution in [0.15, 0.2) is 0 Å². The van der Waals surface area contributed by atoms with Crippen molar-refractivity contribution in [2.24, 2.45) is 0 Å². The molecule has 3 rings (SSSR count). The van der Waals surface area contributed by atoms with Crippen LogP contribution < -0.4 is 0 Å². The Morgan fingerprint density at radius 1 is 1.00 bits per heavy atom. The highest BCUT2D eigenvalue weighted by Crippen LogP contribution is 2.56. The molecule has 0 bridgehead atoms. The number of esters is 1. The van der Waals surface area contributed by atoms with Crippen molar-refractivity contribution < 1.29 is 34.0 Å². The Hall–Kier alpha value is -2.45. The molecule has 1 heterocycles. The highest BCUT2D eigenvalue weighted by molar-refractivity contribution is 5.79. The van der Waals surface area contributed by atoms with E-state index in [1.54, 1.807) is 0 Å². The minimum atomic E-state index is -3.15. The normalized spacial score (nSPS) is 29.9. The van der Waals surface area contributed by atoms with Crippen molar-refractivity contribution in [3.63, 3.8) is 0 Å². The Morgan fingerprint density at radius 3 is 1.86 bits per heavy atom. The average molecular weight is 404 g/mol. The van der Waals surface area contributed by atoms with Crippen molar-refractivity contribution >= 4 is 5.97 Å². The molecule has 0 aromatic rings. The number of rotatable bonds is 7. The van der Waals surface area contributed by atoms with Gasteiger partial charge in [-0.25, -0.2) is 14.5 Å². The zero-order chi connectivity index (χ0) is 21.0. The molecule has 0 spiro atoms. The molecule has 156 valence electrons. The second kappa shape index (κ2) is 6.28. The van der Waals surface area contributed by atoms with Gasteiger partial charge in [0.2, 0.25) is 5.60 Å². The summed E-state index contributed by atoms with van der Waals surface area (Å²) in [4.78, 5) is 55.1. The van der Waals surface area contributed by atoms with Gasteiger partial charge in [0.05, 0.1) is 12.3 Å². The Kier molecular flexibility index (Phi) is 4.55. The maximum absolute atomic E-state index is 12.1. The lowest BCUT2D eigenvalue weighted by Gasteiger charge is -2.53. The monoisotopic (exact) mass is 404 g/mol. The summed E-state index contributed by atoms with van der Waals surface area (Å²) in [5, 5.41) is 35.2. The zero-order valence-electron chi connectivity index (χ0n) is 15.3. The predicted molar refractivity (Wildman–Crippen MR) is 85.9 cm³/mol. The molecule has 2 saturated carbocycles. The van der Waals surface area contributed by atoms with Crippen LogP contribution in [0.4, 0.5) is 0 Å². The smallest absolute Gasteiger partial charge is 0.467 e. The van der Waals surface area contributed by atoms with Gasteiger partial charge in [0.15, 0.2) is 12.0 Å². The van der Waals surface area contributed by atoms with Gasteiger partial charge in [0.1, 0.15) is 9.85 Å². The van der Waals surface area contributed by atoms with Crippen molar-refractivity contribution in [2.75, 3.05) is 7.11 Å². The largest absolute Gasteiger partial charge is 0.569 e. The van der Waals surface area contributed by atoms with Crippen LogP contribution in [0.3, 0.4) is 0 Å². The fourth-order valence-corrected chi connectivity index (χ4v) is 4.17. The third-order valence-electron chi connectivity index (χ3n) is 6.15. The van der Waals surface area contributed by atoms with E-state index in [1.165, 1.54) is 0 Å². The Labute approximate surface area is 158 Å². The Morgan fingerprint density at radius 2 is 1.54 bits per heavy atom. The molecule has 14 nitrogen and oxygen atoms in total. The molecule has 14 heteroatoms. The van der Waals surface area contributed by atoms with Crippen LogP contribution in [0.1, 0.15) is 51.9 Å². The summed E-state index contributed by atoms with van der Waals surface area (Å²) < 4.78 is 4.55. The van der Waals surface area contributed by atoms with Crippen LogP contribution in [0.25, 0.3) is 0 Å². The van der Waals surface area contributed by atoms with Crippen LogP contribution in [0, 0.1) is 30.3 Å². The van der Waals surface area contributed by atoms with E-state index in [2.05, 4.69) is 4.74 Å². The van der Waals surface area contributed by atoms with Crippen molar-refractivity contribution in [1.82, 2.24) is 5.23 Å². The van der Waals surface area contributed by atoms with Gasteiger partial charge in [-0.15, -0.1) is 0 Å². The molecule has 3 fully saturated rings. The highest BCUT2D eigenvalue weighted by Gasteiger charge is 2.80. The van der Waals surface area contributed by atoms with E-state index in [-0.39, 0.29) is 30.9 Å². The third-order valence-corrected chi connectivity index (χ3v) is 6.15. The SMILES string of the molecule is COC(=O)C1(C)CC([N+](=O)[O-])([N+](=O)[O-])N(OC2(C3([N+](=O)[O-])CCC3)CCC2)O1. The molecule has 28 heavy (non-hydrogen) atoms. The number of hydroxylamine groups is 2. The lowest BCUT2D eigenvalue weighted by molar-refractivity contribution is -0.855. The first kappa shape index (κ1) is 20.3. The van der Waals surface area contributed by atoms with Crippen molar-refractivity contribution in [3.8, 4) is 0 Å². The third kappa shape index (κ3) is 2.41. The minimum absolute atomic E-state index is 0.0760. The second-order valence-corrected chi connectivity index (χ2v) is 7.62. The fourth-order valence-electron chi connectivity index (χ4n) is 4.17. The van der Waals surface area contributed by atoms with E-state index in [9.17, 15) is 35.1 Å². The molecule has 2 aliphatic carbocycles. The first-order valence-corrected chi connectivity index (χ1v) is 8.70. The van der Waals surface area contributed by atoms with Crippen LogP contribution in [-0.4, -0.2) is 55.6 Å². The van der Waals surface area contributed by atoms with Gasteiger partial charge < -0.3 is 4.74 Å². The van der Waals surface area contributed by atoms with E-state index in [0.717, 1.165) is 14.0 Å². The minimum Gasteiger partial charge on any atom is -0.467 e. The molecule has 0 amide bonds. The number of methoxy groups -OCH3 is 1. The molecular weight excluding hydrogens is 384 g/mol. The number of nitrogens with zero attached hydrogens (tertiary/aromatic N) is 4. The quantitative estimate of drug-likeness (QED) is 0.254. The standard InChI is InChI=1S/C14H20N4O10/c1-11(10(19)26-2)9-14(16(22)23,17(24)25)18(27-11)28-13(7-4-8-13)12(15(20)21)5-3-6-12/h3-9H2,1-2H3. The average Bonchev–Trinajstić information content (AvgIpc) is 2.85. The summed E-state index contributed by atoms with van der Waals surface area (Å²) in [6.45, 7) is 1.10.